The van der Waals surface area contributed by atoms with Crippen LogP contribution < -0.4 is 10.9 Å². The molecule has 1 amide bonds. The zero-order valence-corrected chi connectivity index (χ0v) is 9.66. The van der Waals surface area contributed by atoms with Crippen molar-refractivity contribution in [3.05, 3.63) is 46.6 Å². The SMILES string of the molecule is O=C(O)Cn1cc(NC(=O)c2cccc(=O)[nH]2)cn1. The van der Waals surface area contributed by atoms with Gasteiger partial charge in [-0.15, -0.1) is 0 Å². The Morgan fingerprint density at radius 3 is 2.89 bits per heavy atom. The van der Waals surface area contributed by atoms with Crippen molar-refractivity contribution in [3.8, 4) is 0 Å². The second kappa shape index (κ2) is 5.17. The minimum Gasteiger partial charge on any atom is -0.480 e. The van der Waals surface area contributed by atoms with Crippen molar-refractivity contribution in [2.45, 2.75) is 6.54 Å². The number of carboxylic acids is 1. The second-order valence-corrected chi connectivity index (χ2v) is 3.70. The van der Waals surface area contributed by atoms with Gasteiger partial charge in [-0.2, -0.15) is 5.10 Å². The highest BCUT2D eigenvalue weighted by Gasteiger charge is 2.09. The first-order valence-electron chi connectivity index (χ1n) is 5.29. The number of hydrogen-bond acceptors (Lipinski definition) is 4. The molecule has 2 aromatic heterocycles. The molecule has 0 aliphatic rings. The summed E-state index contributed by atoms with van der Waals surface area (Å²) in [7, 11) is 0. The van der Waals surface area contributed by atoms with Gasteiger partial charge in [0.15, 0.2) is 0 Å². The number of rotatable bonds is 4. The van der Waals surface area contributed by atoms with Gasteiger partial charge in [-0.3, -0.25) is 19.1 Å². The van der Waals surface area contributed by atoms with Crippen LogP contribution in [0.3, 0.4) is 0 Å². The monoisotopic (exact) mass is 262 g/mol. The second-order valence-electron chi connectivity index (χ2n) is 3.70. The van der Waals surface area contributed by atoms with E-state index in [0.717, 1.165) is 0 Å². The lowest BCUT2D eigenvalue weighted by Crippen LogP contribution is -2.17. The molecule has 0 saturated heterocycles. The van der Waals surface area contributed by atoms with Gasteiger partial charge < -0.3 is 15.4 Å². The largest absolute Gasteiger partial charge is 0.480 e. The number of carbonyl (C=O) groups is 2. The molecule has 3 N–H and O–H groups in total. The molecule has 0 unspecified atom stereocenters. The van der Waals surface area contributed by atoms with Crippen LogP contribution in [0.4, 0.5) is 5.69 Å². The topological polar surface area (TPSA) is 117 Å². The van der Waals surface area contributed by atoms with Crippen molar-refractivity contribution in [3.63, 3.8) is 0 Å². The van der Waals surface area contributed by atoms with Crippen LogP contribution in [0.1, 0.15) is 10.5 Å². The molecule has 2 rings (SSSR count). The van der Waals surface area contributed by atoms with Crippen molar-refractivity contribution in [1.29, 1.82) is 0 Å². The number of aromatic nitrogens is 3. The Balaban J connectivity index is 2.09. The third-order valence-corrected chi connectivity index (χ3v) is 2.20. The van der Waals surface area contributed by atoms with Crippen molar-refractivity contribution in [2.24, 2.45) is 0 Å². The van der Waals surface area contributed by atoms with Crippen LogP contribution in [0.25, 0.3) is 0 Å². The predicted octanol–water partition coefficient (Wildman–Crippen LogP) is -0.0917. The number of carboxylic acid groups (broad SMARTS) is 1. The number of H-pyrrole nitrogens is 1. The number of carbonyl (C=O) groups excluding carboxylic acids is 1. The molecular weight excluding hydrogens is 252 g/mol. The van der Waals surface area contributed by atoms with E-state index in [1.807, 2.05) is 0 Å². The number of hydrogen-bond donors (Lipinski definition) is 3. The lowest BCUT2D eigenvalue weighted by Gasteiger charge is -2.01. The van der Waals surface area contributed by atoms with Gasteiger partial charge in [-0.25, -0.2) is 0 Å². The first kappa shape index (κ1) is 12.6. The number of amides is 1. The number of pyridine rings is 1. The Morgan fingerprint density at radius 1 is 1.42 bits per heavy atom. The molecule has 2 aromatic rings. The van der Waals surface area contributed by atoms with Gasteiger partial charge in [-0.1, -0.05) is 6.07 Å². The fraction of sp³-hybridized carbons (Fsp3) is 0.0909. The Bertz CT molecular complexity index is 673. The zero-order chi connectivity index (χ0) is 13.8. The molecule has 0 aliphatic heterocycles. The molecule has 0 spiro atoms. The maximum Gasteiger partial charge on any atom is 0.325 e. The van der Waals surface area contributed by atoms with Gasteiger partial charge in [0, 0.05) is 12.3 Å². The number of anilines is 1. The van der Waals surface area contributed by atoms with E-state index < -0.39 is 11.9 Å². The third kappa shape index (κ3) is 3.28. The standard InChI is InChI=1S/C11H10N4O4/c16-9-3-1-2-8(14-9)11(19)13-7-4-12-15(5-7)6-10(17)18/h1-5H,6H2,(H,13,19)(H,14,16)(H,17,18). The summed E-state index contributed by atoms with van der Waals surface area (Å²) in [5.41, 5.74) is 0.0728. The summed E-state index contributed by atoms with van der Waals surface area (Å²) < 4.78 is 1.17. The molecule has 19 heavy (non-hydrogen) atoms. The normalized spacial score (nSPS) is 10.1. The molecule has 0 saturated carbocycles. The van der Waals surface area contributed by atoms with E-state index in [2.05, 4.69) is 15.4 Å². The van der Waals surface area contributed by atoms with E-state index in [0.29, 0.717) is 5.69 Å². The summed E-state index contributed by atoms with van der Waals surface area (Å²) in [5.74, 6) is -1.54. The van der Waals surface area contributed by atoms with Crippen LogP contribution in [0.5, 0.6) is 0 Å². The fourth-order valence-electron chi connectivity index (χ4n) is 1.43. The van der Waals surface area contributed by atoms with Crippen LogP contribution in [-0.2, 0) is 11.3 Å². The first-order chi connectivity index (χ1) is 9.04. The summed E-state index contributed by atoms with van der Waals surface area (Å²) in [6.07, 6.45) is 2.70. The van der Waals surface area contributed by atoms with Crippen LogP contribution in [0.15, 0.2) is 35.4 Å². The molecule has 0 aromatic carbocycles. The van der Waals surface area contributed by atoms with Crippen molar-refractivity contribution in [1.82, 2.24) is 14.8 Å². The quantitative estimate of drug-likeness (QED) is 0.711. The highest BCUT2D eigenvalue weighted by atomic mass is 16.4. The summed E-state index contributed by atoms with van der Waals surface area (Å²) in [6.45, 7) is -0.294. The minimum absolute atomic E-state index is 0.110. The van der Waals surface area contributed by atoms with E-state index in [1.165, 1.54) is 35.3 Å². The molecule has 2 heterocycles. The Morgan fingerprint density at radius 2 is 2.21 bits per heavy atom. The van der Waals surface area contributed by atoms with Crippen LogP contribution in [0.2, 0.25) is 0 Å². The van der Waals surface area contributed by atoms with Crippen LogP contribution in [0, 0.1) is 0 Å². The smallest absolute Gasteiger partial charge is 0.325 e. The molecule has 0 bridgehead atoms. The zero-order valence-electron chi connectivity index (χ0n) is 9.66. The minimum atomic E-state index is -1.03. The molecule has 0 atom stereocenters. The Hall–Kier alpha value is -2.90. The lowest BCUT2D eigenvalue weighted by atomic mass is 10.3. The lowest BCUT2D eigenvalue weighted by molar-refractivity contribution is -0.137. The van der Waals surface area contributed by atoms with Gasteiger partial charge >= 0.3 is 5.97 Å². The Kier molecular flexibility index (Phi) is 3.42. The number of aromatic amines is 1. The van der Waals surface area contributed by atoms with Crippen LogP contribution >= 0.6 is 0 Å². The first-order valence-corrected chi connectivity index (χ1v) is 5.29. The summed E-state index contributed by atoms with van der Waals surface area (Å²) in [5, 5.41) is 14.8. The summed E-state index contributed by atoms with van der Waals surface area (Å²) >= 11 is 0. The van der Waals surface area contributed by atoms with Gasteiger partial charge in [0.25, 0.3) is 5.91 Å². The molecular formula is C11H10N4O4. The van der Waals surface area contributed by atoms with Crippen molar-refractivity contribution < 1.29 is 14.7 Å². The fourth-order valence-corrected chi connectivity index (χ4v) is 1.43. The van der Waals surface area contributed by atoms with E-state index in [4.69, 9.17) is 5.11 Å². The van der Waals surface area contributed by atoms with Gasteiger partial charge in [0.2, 0.25) is 5.56 Å². The number of nitrogens with zero attached hydrogens (tertiary/aromatic N) is 2. The highest BCUT2D eigenvalue weighted by Crippen LogP contribution is 2.06. The number of nitrogens with one attached hydrogen (secondary N) is 2. The maximum atomic E-state index is 11.8. The van der Waals surface area contributed by atoms with E-state index >= 15 is 0 Å². The predicted molar refractivity (Wildman–Crippen MR) is 64.9 cm³/mol. The average molecular weight is 262 g/mol. The van der Waals surface area contributed by atoms with Crippen molar-refractivity contribution in [2.75, 3.05) is 5.32 Å². The summed E-state index contributed by atoms with van der Waals surface area (Å²) in [4.78, 5) is 35.7. The van der Waals surface area contributed by atoms with Crippen molar-refractivity contribution >= 4 is 17.6 Å². The molecule has 0 fully saturated rings. The van der Waals surface area contributed by atoms with E-state index in [-0.39, 0.29) is 17.8 Å². The summed E-state index contributed by atoms with van der Waals surface area (Å²) in [6, 6.07) is 4.21. The van der Waals surface area contributed by atoms with E-state index in [9.17, 15) is 14.4 Å². The van der Waals surface area contributed by atoms with Gasteiger partial charge in [-0.05, 0) is 6.07 Å². The maximum absolute atomic E-state index is 11.8. The molecule has 0 radical (unpaired) electrons. The molecule has 8 heteroatoms. The van der Waals surface area contributed by atoms with Gasteiger partial charge in [0.05, 0.1) is 11.9 Å². The molecule has 98 valence electrons. The number of aliphatic carboxylic acids is 1. The highest BCUT2D eigenvalue weighted by molar-refractivity contribution is 6.02. The third-order valence-electron chi connectivity index (χ3n) is 2.20. The van der Waals surface area contributed by atoms with E-state index in [1.54, 1.807) is 0 Å². The van der Waals surface area contributed by atoms with Gasteiger partial charge in [0.1, 0.15) is 12.2 Å². The average Bonchev–Trinajstić information content (AvgIpc) is 2.75. The molecule has 0 aliphatic carbocycles. The molecule has 8 nitrogen and oxygen atoms in total. The Labute approximate surface area is 106 Å². The van der Waals surface area contributed by atoms with Crippen LogP contribution in [-0.4, -0.2) is 31.7 Å².